The lowest BCUT2D eigenvalue weighted by molar-refractivity contribution is -0.140. The fourth-order valence-corrected chi connectivity index (χ4v) is 2.15. The van der Waals surface area contributed by atoms with E-state index in [0.29, 0.717) is 32.7 Å². The van der Waals surface area contributed by atoms with E-state index < -0.39 is 0 Å². The van der Waals surface area contributed by atoms with Crippen LogP contribution in [0.3, 0.4) is 0 Å². The Labute approximate surface area is 122 Å². The van der Waals surface area contributed by atoms with Crippen LogP contribution in [-0.2, 0) is 20.9 Å². The summed E-state index contributed by atoms with van der Waals surface area (Å²) in [6, 6.07) is 9.98. The van der Waals surface area contributed by atoms with Crippen molar-refractivity contribution in [3.05, 3.63) is 35.9 Å². The highest BCUT2D eigenvalue weighted by molar-refractivity contribution is 8.19. The van der Waals surface area contributed by atoms with Gasteiger partial charge in [-0.2, -0.15) is 0 Å². The molecule has 0 saturated heterocycles. The van der Waals surface area contributed by atoms with Gasteiger partial charge in [-0.15, -0.1) is 0 Å². The Morgan fingerprint density at radius 2 is 2.05 bits per heavy atom. The molecule has 0 aliphatic rings. The number of hydrogen-bond donors (Lipinski definition) is 0. The van der Waals surface area contributed by atoms with Crippen LogP contribution in [0.15, 0.2) is 30.3 Å². The van der Waals surface area contributed by atoms with Crippen molar-refractivity contribution in [2.24, 2.45) is 0 Å². The van der Waals surface area contributed by atoms with E-state index >= 15 is 0 Å². The molecule has 0 unspecified atom stereocenters. The normalized spacial score (nSPS) is 10.7. The van der Waals surface area contributed by atoms with Crippen molar-refractivity contribution in [1.82, 2.24) is 4.31 Å². The highest BCUT2D eigenvalue weighted by Crippen LogP contribution is 2.14. The average Bonchev–Trinajstić information content (AvgIpc) is 2.47. The van der Waals surface area contributed by atoms with Gasteiger partial charge in [0.05, 0.1) is 26.7 Å². The second-order valence-corrected chi connectivity index (χ2v) is 4.93. The molecular weight excluding hydrogens is 286 g/mol. The molecule has 0 atom stereocenters. The van der Waals surface area contributed by atoms with Crippen LogP contribution in [-0.4, -0.2) is 37.1 Å². The van der Waals surface area contributed by atoms with E-state index in [9.17, 15) is 4.79 Å². The van der Waals surface area contributed by atoms with E-state index in [1.807, 2.05) is 34.6 Å². The zero-order valence-electron chi connectivity index (χ0n) is 10.9. The third-order valence-electron chi connectivity index (χ3n) is 2.49. The number of nitrogens with zero attached hydrogens (tertiary/aromatic N) is 1. The molecule has 0 saturated carbocycles. The van der Waals surface area contributed by atoms with E-state index in [1.54, 1.807) is 0 Å². The first-order chi connectivity index (χ1) is 9.26. The maximum Gasteiger partial charge on any atom is 0.306 e. The third-order valence-corrected chi connectivity index (χ3v) is 3.63. The highest BCUT2D eigenvalue weighted by atomic mass is 35.7. The smallest absolute Gasteiger partial charge is 0.306 e. The fourth-order valence-electron chi connectivity index (χ4n) is 1.43. The molecule has 6 heteroatoms. The first kappa shape index (κ1) is 16.3. The van der Waals surface area contributed by atoms with E-state index in [1.165, 1.54) is 7.11 Å². The van der Waals surface area contributed by atoms with Crippen LogP contribution in [0.4, 0.5) is 0 Å². The number of benzene rings is 1. The first-order valence-electron chi connectivity index (χ1n) is 5.98. The standard InChI is InChI=1S/C13H18ClNO3S/c1-17-13(16)7-8-15(19-14)9-10-18-11-12-5-3-2-4-6-12/h2-6H,7-11H2,1H3. The van der Waals surface area contributed by atoms with E-state index in [-0.39, 0.29) is 5.97 Å². The predicted molar refractivity (Wildman–Crippen MR) is 77.7 cm³/mol. The van der Waals surface area contributed by atoms with Crippen molar-refractivity contribution in [1.29, 1.82) is 0 Å². The minimum atomic E-state index is -0.235. The van der Waals surface area contributed by atoms with Crippen molar-refractivity contribution in [3.63, 3.8) is 0 Å². The molecular formula is C13H18ClNO3S. The van der Waals surface area contributed by atoms with E-state index in [4.69, 9.17) is 15.4 Å². The Hall–Kier alpha value is -0.750. The summed E-state index contributed by atoms with van der Waals surface area (Å²) in [4.78, 5) is 11.0. The molecule has 0 radical (unpaired) electrons. The zero-order chi connectivity index (χ0) is 13.9. The van der Waals surface area contributed by atoms with Gasteiger partial charge in [-0.25, -0.2) is 4.31 Å². The second-order valence-electron chi connectivity index (χ2n) is 3.86. The molecule has 0 aliphatic carbocycles. The van der Waals surface area contributed by atoms with Crippen LogP contribution in [0.2, 0.25) is 0 Å². The molecule has 0 heterocycles. The molecule has 1 rings (SSSR count). The summed E-state index contributed by atoms with van der Waals surface area (Å²) in [5.74, 6) is -0.235. The zero-order valence-corrected chi connectivity index (χ0v) is 12.5. The number of carbonyl (C=O) groups is 1. The van der Waals surface area contributed by atoms with Crippen molar-refractivity contribution >= 4 is 27.8 Å². The van der Waals surface area contributed by atoms with Crippen LogP contribution in [0.5, 0.6) is 0 Å². The van der Waals surface area contributed by atoms with E-state index in [0.717, 1.165) is 16.7 Å². The summed E-state index contributed by atoms with van der Waals surface area (Å²) >= 11 is 1.09. The molecule has 0 bridgehead atoms. The number of rotatable bonds is 9. The van der Waals surface area contributed by atoms with Gasteiger partial charge in [0.25, 0.3) is 0 Å². The number of ether oxygens (including phenoxy) is 2. The molecule has 0 N–H and O–H groups in total. The average molecular weight is 304 g/mol. The molecule has 106 valence electrons. The van der Waals surface area contributed by atoms with Crippen molar-refractivity contribution < 1.29 is 14.3 Å². The monoisotopic (exact) mass is 303 g/mol. The topological polar surface area (TPSA) is 38.8 Å². The lowest BCUT2D eigenvalue weighted by Crippen LogP contribution is -2.23. The Morgan fingerprint density at radius 1 is 1.32 bits per heavy atom. The number of methoxy groups -OCH3 is 1. The van der Waals surface area contributed by atoms with Crippen LogP contribution in [0, 0.1) is 0 Å². The van der Waals surface area contributed by atoms with Crippen molar-refractivity contribution in [2.75, 3.05) is 26.8 Å². The van der Waals surface area contributed by atoms with Gasteiger partial charge in [-0.05, 0) is 16.2 Å². The summed E-state index contributed by atoms with van der Waals surface area (Å²) in [6.45, 7) is 2.36. The first-order valence-corrected chi connectivity index (χ1v) is 7.58. The quantitative estimate of drug-likeness (QED) is 0.398. The maximum atomic E-state index is 11.0. The summed E-state index contributed by atoms with van der Waals surface area (Å²) in [7, 11) is 7.10. The minimum absolute atomic E-state index is 0.235. The van der Waals surface area contributed by atoms with Gasteiger partial charge in [0.2, 0.25) is 0 Å². The molecule has 0 aliphatic heterocycles. The molecule has 1 aromatic carbocycles. The molecule has 0 amide bonds. The summed E-state index contributed by atoms with van der Waals surface area (Å²) < 4.78 is 12.0. The number of carbonyl (C=O) groups excluding carboxylic acids is 1. The van der Waals surface area contributed by atoms with E-state index in [2.05, 4.69) is 4.74 Å². The van der Waals surface area contributed by atoms with Crippen molar-refractivity contribution in [2.45, 2.75) is 13.0 Å². The lowest BCUT2D eigenvalue weighted by Gasteiger charge is -2.16. The third kappa shape index (κ3) is 7.42. The minimum Gasteiger partial charge on any atom is -0.469 e. The Bertz CT molecular complexity index is 364. The Balaban J connectivity index is 2.14. The molecule has 4 nitrogen and oxygen atoms in total. The Kier molecular flexibility index (Phi) is 8.66. The number of halogens is 1. The van der Waals surface area contributed by atoms with Crippen molar-refractivity contribution in [3.8, 4) is 0 Å². The number of esters is 1. The second kappa shape index (κ2) is 10.1. The largest absolute Gasteiger partial charge is 0.469 e. The summed E-state index contributed by atoms with van der Waals surface area (Å²) in [5.41, 5.74) is 1.14. The van der Waals surface area contributed by atoms with Gasteiger partial charge in [0.15, 0.2) is 0 Å². The van der Waals surface area contributed by atoms with Crippen LogP contribution >= 0.6 is 21.8 Å². The highest BCUT2D eigenvalue weighted by Gasteiger charge is 2.08. The SMILES string of the molecule is COC(=O)CCN(CCOCc1ccccc1)SCl. The van der Waals surface area contributed by atoms with Crippen LogP contribution < -0.4 is 0 Å². The van der Waals surface area contributed by atoms with Crippen LogP contribution in [0.25, 0.3) is 0 Å². The van der Waals surface area contributed by atoms with Gasteiger partial charge < -0.3 is 9.47 Å². The van der Waals surface area contributed by atoms with Gasteiger partial charge in [0.1, 0.15) is 0 Å². The van der Waals surface area contributed by atoms with Gasteiger partial charge in [0, 0.05) is 24.3 Å². The Morgan fingerprint density at radius 3 is 2.68 bits per heavy atom. The maximum absolute atomic E-state index is 11.0. The van der Waals surface area contributed by atoms with Gasteiger partial charge >= 0.3 is 5.97 Å². The number of hydrogen-bond acceptors (Lipinski definition) is 5. The molecule has 0 aromatic heterocycles. The predicted octanol–water partition coefficient (Wildman–Crippen LogP) is 2.87. The molecule has 19 heavy (non-hydrogen) atoms. The molecule has 1 aromatic rings. The van der Waals surface area contributed by atoms with Gasteiger partial charge in [-0.3, -0.25) is 4.79 Å². The lowest BCUT2D eigenvalue weighted by atomic mass is 10.2. The van der Waals surface area contributed by atoms with Gasteiger partial charge in [-0.1, -0.05) is 30.3 Å². The van der Waals surface area contributed by atoms with Crippen LogP contribution in [0.1, 0.15) is 12.0 Å². The molecule has 0 spiro atoms. The molecule has 0 fully saturated rings. The summed E-state index contributed by atoms with van der Waals surface area (Å²) in [6.07, 6.45) is 0.328. The fraction of sp³-hybridized carbons (Fsp3) is 0.462. The summed E-state index contributed by atoms with van der Waals surface area (Å²) in [5, 5.41) is 0.